The van der Waals surface area contributed by atoms with E-state index in [4.69, 9.17) is 11.6 Å². The lowest BCUT2D eigenvalue weighted by molar-refractivity contribution is -0.133. The van der Waals surface area contributed by atoms with Crippen molar-refractivity contribution in [3.05, 3.63) is 34.9 Å². The highest BCUT2D eigenvalue weighted by Gasteiger charge is 2.31. The molecule has 0 amide bonds. The molecule has 0 nitrogen and oxygen atoms in total. The summed E-state index contributed by atoms with van der Waals surface area (Å²) in [5.74, 6) is 0. The summed E-state index contributed by atoms with van der Waals surface area (Å²) in [5, 5.41) is 0.532. The van der Waals surface area contributed by atoms with Crippen molar-refractivity contribution in [2.24, 2.45) is 0 Å². The maximum atomic E-state index is 12.0. The molecule has 0 fully saturated rings. The minimum absolute atomic E-state index is 0.532. The third kappa shape index (κ3) is 4.04. The SMILES string of the molecule is FC(F)(F)CC(I)c1ccc(Cl)cc1. The van der Waals surface area contributed by atoms with Crippen LogP contribution in [0, 0.1) is 0 Å². The first-order valence-corrected chi connectivity index (χ1v) is 5.47. The number of hydrogen-bond donors (Lipinski definition) is 0. The predicted molar refractivity (Wildman–Crippen MR) is 58.9 cm³/mol. The molecule has 0 spiro atoms. The molecule has 14 heavy (non-hydrogen) atoms. The van der Waals surface area contributed by atoms with Crippen LogP contribution in [0.15, 0.2) is 24.3 Å². The second-order valence-corrected chi connectivity index (χ2v) is 4.78. The van der Waals surface area contributed by atoms with Crippen molar-refractivity contribution in [2.75, 3.05) is 0 Å². The number of alkyl halides is 4. The van der Waals surface area contributed by atoms with E-state index >= 15 is 0 Å². The predicted octanol–water partition coefficient (Wildman–Crippen LogP) is 4.77. The first-order chi connectivity index (χ1) is 6.38. The summed E-state index contributed by atoms with van der Waals surface area (Å²) in [5.41, 5.74) is 0.646. The van der Waals surface area contributed by atoms with E-state index in [-0.39, 0.29) is 0 Å². The van der Waals surface area contributed by atoms with Crippen LogP contribution in [0.1, 0.15) is 15.9 Å². The average Bonchev–Trinajstić information content (AvgIpc) is 2.02. The summed E-state index contributed by atoms with van der Waals surface area (Å²) in [6.45, 7) is 0. The molecule has 0 heterocycles. The standard InChI is InChI=1S/C9H7ClF3I/c10-7-3-1-6(2-4-7)8(14)5-9(11,12)13/h1-4,8H,5H2. The van der Waals surface area contributed by atoms with Gasteiger partial charge in [-0.2, -0.15) is 13.2 Å². The normalized spacial score (nSPS) is 14.1. The van der Waals surface area contributed by atoms with Crippen LogP contribution in [0.25, 0.3) is 0 Å². The van der Waals surface area contributed by atoms with Gasteiger partial charge >= 0.3 is 6.18 Å². The van der Waals surface area contributed by atoms with E-state index < -0.39 is 16.5 Å². The van der Waals surface area contributed by atoms with Crippen LogP contribution in [0.2, 0.25) is 5.02 Å². The second-order valence-electron chi connectivity index (χ2n) is 2.84. The molecule has 1 unspecified atom stereocenters. The lowest BCUT2D eigenvalue weighted by Crippen LogP contribution is -2.10. The molecule has 1 aromatic rings. The van der Waals surface area contributed by atoms with Crippen molar-refractivity contribution in [3.8, 4) is 0 Å². The smallest absolute Gasteiger partial charge is 0.171 e. The molecule has 1 rings (SSSR count). The van der Waals surface area contributed by atoms with Gasteiger partial charge in [-0.3, -0.25) is 0 Å². The van der Waals surface area contributed by atoms with Gasteiger partial charge in [0, 0.05) is 8.95 Å². The molecule has 0 saturated carbocycles. The van der Waals surface area contributed by atoms with Gasteiger partial charge in [0.15, 0.2) is 0 Å². The van der Waals surface area contributed by atoms with Crippen LogP contribution in [0.3, 0.4) is 0 Å². The van der Waals surface area contributed by atoms with E-state index in [1.165, 1.54) is 0 Å². The summed E-state index contributed by atoms with van der Waals surface area (Å²) >= 11 is 7.41. The summed E-state index contributed by atoms with van der Waals surface area (Å²) in [7, 11) is 0. The van der Waals surface area contributed by atoms with Crippen LogP contribution in [0.5, 0.6) is 0 Å². The molecule has 0 bridgehead atoms. The molecule has 0 aliphatic heterocycles. The summed E-state index contributed by atoms with van der Waals surface area (Å²) in [6.07, 6.45) is -4.93. The molecular formula is C9H7ClF3I. The molecular weight excluding hydrogens is 327 g/mol. The van der Waals surface area contributed by atoms with E-state index in [2.05, 4.69) is 0 Å². The van der Waals surface area contributed by atoms with Gasteiger partial charge in [-0.15, -0.1) is 0 Å². The van der Waals surface area contributed by atoms with Gasteiger partial charge in [0.25, 0.3) is 0 Å². The zero-order valence-corrected chi connectivity index (χ0v) is 9.90. The molecule has 1 atom stereocenters. The van der Waals surface area contributed by atoms with Gasteiger partial charge in [-0.1, -0.05) is 46.3 Å². The van der Waals surface area contributed by atoms with Gasteiger partial charge in [0.1, 0.15) is 0 Å². The number of rotatable bonds is 2. The Hall–Kier alpha value is 0.0300. The maximum Gasteiger partial charge on any atom is 0.390 e. The Kier molecular flexibility index (Phi) is 4.06. The molecule has 0 aromatic heterocycles. The maximum absolute atomic E-state index is 12.0. The largest absolute Gasteiger partial charge is 0.390 e. The van der Waals surface area contributed by atoms with E-state index in [0.29, 0.717) is 10.6 Å². The molecule has 1 aromatic carbocycles. The monoisotopic (exact) mass is 334 g/mol. The van der Waals surface area contributed by atoms with Crippen molar-refractivity contribution in [1.82, 2.24) is 0 Å². The molecule has 0 radical (unpaired) electrons. The minimum atomic E-state index is -4.12. The fourth-order valence-corrected chi connectivity index (χ4v) is 2.03. The molecule has 5 heteroatoms. The summed E-state index contributed by atoms with van der Waals surface area (Å²) in [4.78, 5) is 0. The molecule has 0 aliphatic carbocycles. The first kappa shape index (κ1) is 12.1. The van der Waals surface area contributed by atoms with Crippen LogP contribution >= 0.6 is 34.2 Å². The second kappa shape index (κ2) is 4.70. The Morgan fingerprint density at radius 1 is 1.21 bits per heavy atom. The van der Waals surface area contributed by atoms with Gasteiger partial charge in [-0.05, 0) is 17.7 Å². The van der Waals surface area contributed by atoms with Crippen LogP contribution in [-0.2, 0) is 0 Å². The van der Waals surface area contributed by atoms with Crippen LogP contribution in [-0.4, -0.2) is 6.18 Å². The number of halogens is 5. The van der Waals surface area contributed by atoms with E-state index in [0.717, 1.165) is 0 Å². The first-order valence-electron chi connectivity index (χ1n) is 3.85. The highest BCUT2D eigenvalue weighted by Crippen LogP contribution is 2.35. The Labute approximate surface area is 98.6 Å². The Bertz CT molecular complexity index is 294. The van der Waals surface area contributed by atoms with E-state index in [1.54, 1.807) is 46.9 Å². The zero-order valence-electron chi connectivity index (χ0n) is 6.98. The molecule has 0 aliphatic rings. The van der Waals surface area contributed by atoms with Gasteiger partial charge < -0.3 is 0 Å². The third-order valence-corrected chi connectivity index (χ3v) is 3.05. The Morgan fingerprint density at radius 2 is 1.71 bits per heavy atom. The highest BCUT2D eigenvalue weighted by atomic mass is 127. The van der Waals surface area contributed by atoms with E-state index in [9.17, 15) is 13.2 Å². The topological polar surface area (TPSA) is 0 Å². The van der Waals surface area contributed by atoms with Crippen molar-refractivity contribution < 1.29 is 13.2 Å². The molecule has 0 saturated heterocycles. The lowest BCUT2D eigenvalue weighted by Gasteiger charge is -2.12. The minimum Gasteiger partial charge on any atom is -0.171 e. The highest BCUT2D eigenvalue weighted by molar-refractivity contribution is 14.1. The van der Waals surface area contributed by atoms with Gasteiger partial charge in [0.05, 0.1) is 6.42 Å². The fraction of sp³-hybridized carbons (Fsp3) is 0.333. The average molecular weight is 335 g/mol. The van der Waals surface area contributed by atoms with Crippen LogP contribution < -0.4 is 0 Å². The summed E-state index contributed by atoms with van der Waals surface area (Å²) < 4.78 is 35.6. The van der Waals surface area contributed by atoms with Gasteiger partial charge in [0.2, 0.25) is 0 Å². The molecule has 0 N–H and O–H groups in total. The molecule has 78 valence electrons. The number of hydrogen-bond acceptors (Lipinski definition) is 0. The van der Waals surface area contributed by atoms with Crippen molar-refractivity contribution in [1.29, 1.82) is 0 Å². The Balaban J connectivity index is 2.70. The quantitative estimate of drug-likeness (QED) is 0.540. The van der Waals surface area contributed by atoms with Crippen molar-refractivity contribution in [2.45, 2.75) is 16.5 Å². The number of benzene rings is 1. The van der Waals surface area contributed by atoms with Gasteiger partial charge in [-0.25, -0.2) is 0 Å². The van der Waals surface area contributed by atoms with E-state index in [1.807, 2.05) is 0 Å². The van der Waals surface area contributed by atoms with Crippen molar-refractivity contribution in [3.63, 3.8) is 0 Å². The Morgan fingerprint density at radius 3 is 2.14 bits per heavy atom. The fourth-order valence-electron chi connectivity index (χ4n) is 0.993. The van der Waals surface area contributed by atoms with Crippen molar-refractivity contribution >= 4 is 34.2 Å². The third-order valence-electron chi connectivity index (χ3n) is 1.64. The zero-order chi connectivity index (χ0) is 10.8. The summed E-state index contributed by atoms with van der Waals surface area (Å²) in [6, 6.07) is 6.42. The van der Waals surface area contributed by atoms with Crippen LogP contribution in [0.4, 0.5) is 13.2 Å². The lowest BCUT2D eigenvalue weighted by atomic mass is 10.1.